The van der Waals surface area contributed by atoms with Gasteiger partial charge in [-0.15, -0.1) is 0 Å². The molecule has 1 radical (unpaired) electrons. The molecule has 0 saturated carbocycles. The van der Waals surface area contributed by atoms with Crippen molar-refractivity contribution in [2.45, 2.75) is 13.3 Å². The normalized spacial score (nSPS) is 6.17. The van der Waals surface area contributed by atoms with Crippen LogP contribution in [0.15, 0.2) is 0 Å². The second-order valence-electron chi connectivity index (χ2n) is 0.820. The number of rotatable bonds is 1. The predicted octanol–water partition coefficient (Wildman–Crippen LogP) is -0.295. The summed E-state index contributed by atoms with van der Waals surface area (Å²) in [6, 6.07) is 0. The van der Waals surface area contributed by atoms with Gasteiger partial charge in [-0.1, -0.05) is 6.92 Å². The molecule has 3 N–H and O–H groups in total. The van der Waals surface area contributed by atoms with Crippen molar-refractivity contribution in [3.8, 4) is 0 Å². The van der Waals surface area contributed by atoms with E-state index in [1.165, 1.54) is 0 Å². The van der Waals surface area contributed by atoms with Gasteiger partial charge in [-0.05, 0) is 0 Å². The topological polar surface area (TPSA) is 73.1 Å². The van der Waals surface area contributed by atoms with Gasteiger partial charge in [-0.25, -0.2) is 0 Å². The van der Waals surface area contributed by atoms with Crippen LogP contribution in [0.25, 0.3) is 0 Å². The minimum Gasteiger partial charge on any atom is -0.370 e. The van der Waals surface area contributed by atoms with E-state index in [0.717, 1.165) is 0 Å². The molecule has 0 aliphatic carbocycles. The van der Waals surface area contributed by atoms with Gasteiger partial charge in [0.15, 0.2) is 0 Å². The van der Waals surface area contributed by atoms with Crippen molar-refractivity contribution in [1.82, 2.24) is 0 Å². The van der Waals surface area contributed by atoms with Crippen LogP contribution in [-0.4, -0.2) is 11.4 Å². The van der Waals surface area contributed by atoms with Gasteiger partial charge in [0, 0.05) is 6.42 Å². The molecular formula is C3H8NO2. The molecule has 0 fully saturated rings. The van der Waals surface area contributed by atoms with Crippen molar-refractivity contribution in [2.75, 3.05) is 0 Å². The Labute approximate surface area is 36.5 Å². The summed E-state index contributed by atoms with van der Waals surface area (Å²) in [5.41, 5.74) is 4.65. The fraction of sp³-hybridized carbons (Fsp3) is 0.667. The Morgan fingerprint density at radius 2 is 2.00 bits per heavy atom. The van der Waals surface area contributed by atoms with E-state index < -0.39 is 0 Å². The molecule has 0 aliphatic heterocycles. The number of carbonyl (C=O) groups excluding carboxylic acids is 1. The van der Waals surface area contributed by atoms with Gasteiger partial charge < -0.3 is 5.73 Å². The van der Waals surface area contributed by atoms with Crippen molar-refractivity contribution in [3.05, 3.63) is 0 Å². The number of amides is 1. The van der Waals surface area contributed by atoms with Crippen LogP contribution in [0, 0.1) is 0 Å². The van der Waals surface area contributed by atoms with Crippen LogP contribution in [0.5, 0.6) is 0 Å². The summed E-state index contributed by atoms with van der Waals surface area (Å²) in [5.74, 6) is -0.245. The van der Waals surface area contributed by atoms with Gasteiger partial charge in [0.05, 0.1) is 0 Å². The largest absolute Gasteiger partial charge is 0.370 e. The van der Waals surface area contributed by atoms with E-state index in [9.17, 15) is 4.79 Å². The highest BCUT2D eigenvalue weighted by atomic mass is 16.1. The fourth-order valence-corrected chi connectivity index (χ4v) is 0. The third-order valence-corrected chi connectivity index (χ3v) is 0.348. The lowest BCUT2D eigenvalue weighted by Gasteiger charge is -1.73. The molecule has 0 bridgehead atoms. The van der Waals surface area contributed by atoms with Crippen LogP contribution >= 0.6 is 0 Å². The molecule has 3 heteroatoms. The molecule has 0 rings (SSSR count). The second-order valence-corrected chi connectivity index (χ2v) is 0.820. The lowest BCUT2D eigenvalue weighted by atomic mass is 10.5. The maximum Gasteiger partial charge on any atom is 0.217 e. The van der Waals surface area contributed by atoms with Gasteiger partial charge >= 0.3 is 0 Å². The molecule has 0 heterocycles. The highest BCUT2D eigenvalue weighted by molar-refractivity contribution is 5.73. The van der Waals surface area contributed by atoms with Crippen LogP contribution in [-0.2, 0) is 4.79 Å². The molecule has 0 saturated heterocycles. The monoisotopic (exact) mass is 90.1 g/mol. The molecular weight excluding hydrogens is 82.0 g/mol. The van der Waals surface area contributed by atoms with Crippen LogP contribution in [0.4, 0.5) is 0 Å². The average molecular weight is 90.1 g/mol. The zero-order valence-corrected chi connectivity index (χ0v) is 3.64. The average Bonchev–Trinajstić information content (AvgIpc) is 1.38. The first kappa shape index (κ1) is 9.06. The Bertz CT molecular complexity index is 44.1. The summed E-state index contributed by atoms with van der Waals surface area (Å²) in [6.45, 7) is 1.72. The van der Waals surface area contributed by atoms with Gasteiger partial charge in [-0.3, -0.25) is 10.3 Å². The van der Waals surface area contributed by atoms with Gasteiger partial charge in [0.1, 0.15) is 0 Å². The summed E-state index contributed by atoms with van der Waals surface area (Å²) < 4.78 is 0. The maximum absolute atomic E-state index is 9.59. The summed E-state index contributed by atoms with van der Waals surface area (Å²) in [7, 11) is 0. The van der Waals surface area contributed by atoms with Crippen molar-refractivity contribution in [2.24, 2.45) is 5.73 Å². The third kappa shape index (κ3) is 9.90. The van der Waals surface area contributed by atoms with E-state index in [1.54, 1.807) is 6.92 Å². The predicted molar refractivity (Wildman–Crippen MR) is 21.4 cm³/mol. The Hall–Kier alpha value is -0.570. The smallest absolute Gasteiger partial charge is 0.217 e. The fourth-order valence-electron chi connectivity index (χ4n) is 0. The van der Waals surface area contributed by atoms with Gasteiger partial charge in [0.25, 0.3) is 0 Å². The quantitative estimate of drug-likeness (QED) is 0.456. The standard InChI is InChI=1S/C3H7NO.HO/c1-2-3(4)5;/h2H2,1H3,(H2,4,5);1H. The van der Waals surface area contributed by atoms with Crippen molar-refractivity contribution < 1.29 is 10.3 Å². The molecule has 0 aliphatic rings. The number of nitrogens with two attached hydrogens (primary N) is 1. The molecule has 0 spiro atoms. The van der Waals surface area contributed by atoms with E-state index >= 15 is 0 Å². The Morgan fingerprint density at radius 1 is 1.83 bits per heavy atom. The molecule has 37 valence electrons. The number of hydrogen-bond donors (Lipinski definition) is 2. The first-order chi connectivity index (χ1) is 2.27. The lowest BCUT2D eigenvalue weighted by molar-refractivity contribution is -0.117. The SMILES string of the molecule is CCC(N)=O.[OH]. The molecule has 1 amide bonds. The molecule has 0 aromatic carbocycles. The molecule has 0 atom stereocenters. The second kappa shape index (κ2) is 4.43. The van der Waals surface area contributed by atoms with Crippen molar-refractivity contribution in [1.29, 1.82) is 0 Å². The number of hydrogen-bond acceptors (Lipinski definition) is 1. The van der Waals surface area contributed by atoms with Crippen LogP contribution in [0.2, 0.25) is 0 Å². The molecule has 0 aromatic rings. The maximum atomic E-state index is 9.59. The lowest BCUT2D eigenvalue weighted by Crippen LogP contribution is -2.06. The molecule has 0 unspecified atom stereocenters. The number of primary amides is 1. The number of carbonyl (C=O) groups is 1. The summed E-state index contributed by atoms with van der Waals surface area (Å²) in [5, 5.41) is 0. The van der Waals surface area contributed by atoms with E-state index in [0.29, 0.717) is 6.42 Å². The molecule has 0 aromatic heterocycles. The van der Waals surface area contributed by atoms with Crippen LogP contribution < -0.4 is 5.73 Å². The highest BCUT2D eigenvalue weighted by Gasteiger charge is 1.77. The summed E-state index contributed by atoms with van der Waals surface area (Å²) >= 11 is 0. The summed E-state index contributed by atoms with van der Waals surface area (Å²) in [4.78, 5) is 9.59. The van der Waals surface area contributed by atoms with E-state index in [4.69, 9.17) is 0 Å². The summed E-state index contributed by atoms with van der Waals surface area (Å²) in [6.07, 6.45) is 0.444. The minimum absolute atomic E-state index is 0. The van der Waals surface area contributed by atoms with E-state index in [-0.39, 0.29) is 11.4 Å². The Morgan fingerprint density at radius 3 is 2.00 bits per heavy atom. The minimum atomic E-state index is -0.245. The van der Waals surface area contributed by atoms with Crippen molar-refractivity contribution >= 4 is 5.91 Å². The van der Waals surface area contributed by atoms with Gasteiger partial charge in [0.2, 0.25) is 5.91 Å². The van der Waals surface area contributed by atoms with E-state index in [2.05, 4.69) is 5.73 Å². The first-order valence-corrected chi connectivity index (χ1v) is 1.55. The van der Waals surface area contributed by atoms with Crippen LogP contribution in [0.1, 0.15) is 13.3 Å². The highest BCUT2D eigenvalue weighted by Crippen LogP contribution is 1.63. The molecule has 3 nitrogen and oxygen atoms in total. The third-order valence-electron chi connectivity index (χ3n) is 0.348. The van der Waals surface area contributed by atoms with Gasteiger partial charge in [-0.2, -0.15) is 0 Å². The first-order valence-electron chi connectivity index (χ1n) is 1.55. The van der Waals surface area contributed by atoms with Crippen molar-refractivity contribution in [3.63, 3.8) is 0 Å². The zero-order chi connectivity index (χ0) is 4.28. The Kier molecular flexibility index (Phi) is 6.69. The zero-order valence-electron chi connectivity index (χ0n) is 3.64. The van der Waals surface area contributed by atoms with Crippen LogP contribution in [0.3, 0.4) is 0 Å². The molecule has 6 heavy (non-hydrogen) atoms. The Balaban J connectivity index is 0. The van der Waals surface area contributed by atoms with E-state index in [1.807, 2.05) is 0 Å².